The van der Waals surface area contributed by atoms with Crippen molar-refractivity contribution in [2.45, 2.75) is 61.5 Å². The van der Waals surface area contributed by atoms with Crippen LogP contribution >= 0.6 is 15.9 Å². The Kier molecular flexibility index (Phi) is 7.51. The van der Waals surface area contributed by atoms with Gasteiger partial charge in [0.15, 0.2) is 0 Å². The van der Waals surface area contributed by atoms with Gasteiger partial charge in [-0.2, -0.15) is 4.31 Å². The highest BCUT2D eigenvalue weighted by molar-refractivity contribution is 9.10. The van der Waals surface area contributed by atoms with Crippen molar-refractivity contribution < 1.29 is 18.0 Å². The molecule has 2 amide bonds. The molecule has 176 valence electrons. The van der Waals surface area contributed by atoms with Crippen molar-refractivity contribution in [3.8, 4) is 0 Å². The number of rotatable bonds is 6. The van der Waals surface area contributed by atoms with Gasteiger partial charge in [-0.3, -0.25) is 9.59 Å². The van der Waals surface area contributed by atoms with Crippen LogP contribution in [0.1, 0.15) is 48.9 Å². The van der Waals surface area contributed by atoms with E-state index in [2.05, 4.69) is 26.6 Å². The molecule has 1 atom stereocenters. The zero-order chi connectivity index (χ0) is 23.4. The van der Waals surface area contributed by atoms with Crippen molar-refractivity contribution in [2.24, 2.45) is 0 Å². The number of hydrogen-bond acceptors (Lipinski definition) is 4. The lowest BCUT2D eigenvalue weighted by atomic mass is 9.90. The van der Waals surface area contributed by atoms with Gasteiger partial charge < -0.3 is 10.6 Å². The van der Waals surface area contributed by atoms with Crippen LogP contribution < -0.4 is 10.6 Å². The topological polar surface area (TPSA) is 95.6 Å². The molecule has 9 heteroatoms. The van der Waals surface area contributed by atoms with Gasteiger partial charge in [0.1, 0.15) is 6.04 Å². The summed E-state index contributed by atoms with van der Waals surface area (Å²) in [5.74, 6) is -0.312. The highest BCUT2D eigenvalue weighted by atomic mass is 79.9. The van der Waals surface area contributed by atoms with Gasteiger partial charge in [0.2, 0.25) is 15.9 Å². The van der Waals surface area contributed by atoms with Gasteiger partial charge in [-0.15, -0.1) is 0 Å². The Labute approximate surface area is 203 Å². The van der Waals surface area contributed by atoms with E-state index in [9.17, 15) is 18.0 Å². The molecule has 1 aliphatic heterocycles. The van der Waals surface area contributed by atoms with Crippen LogP contribution in [-0.4, -0.2) is 49.2 Å². The molecule has 0 bridgehead atoms. The lowest BCUT2D eigenvalue weighted by Crippen LogP contribution is -2.50. The van der Waals surface area contributed by atoms with E-state index < -0.39 is 16.1 Å². The second-order valence-corrected chi connectivity index (χ2v) is 11.4. The van der Waals surface area contributed by atoms with Gasteiger partial charge >= 0.3 is 0 Å². The molecule has 0 spiro atoms. The Bertz CT molecular complexity index is 1080. The lowest BCUT2D eigenvalue weighted by molar-refractivity contribution is -0.125. The van der Waals surface area contributed by atoms with Crippen LogP contribution in [0.4, 0.5) is 0 Å². The maximum atomic E-state index is 13.1. The highest BCUT2D eigenvalue weighted by Crippen LogP contribution is 2.28. The van der Waals surface area contributed by atoms with Crippen LogP contribution in [0.15, 0.2) is 64.0 Å². The first-order chi connectivity index (χ1) is 15.8. The Morgan fingerprint density at radius 1 is 0.848 bits per heavy atom. The number of nitrogens with one attached hydrogen (secondary N) is 2. The minimum Gasteiger partial charge on any atom is -0.352 e. The van der Waals surface area contributed by atoms with E-state index in [1.54, 1.807) is 36.4 Å². The van der Waals surface area contributed by atoms with Crippen molar-refractivity contribution in [1.29, 1.82) is 0 Å². The van der Waals surface area contributed by atoms with Crippen LogP contribution in [-0.2, 0) is 14.8 Å². The zero-order valence-electron chi connectivity index (χ0n) is 18.2. The molecular formula is C24H28BrN3O4S. The Morgan fingerprint density at radius 2 is 1.45 bits per heavy atom. The Hall–Kier alpha value is -2.23. The number of nitrogens with zero attached hydrogens (tertiary/aromatic N) is 1. The summed E-state index contributed by atoms with van der Waals surface area (Å²) in [4.78, 5) is 25.6. The predicted molar refractivity (Wildman–Crippen MR) is 129 cm³/mol. The minimum absolute atomic E-state index is 0.0137. The molecule has 4 rings (SSSR count). The number of amides is 2. The highest BCUT2D eigenvalue weighted by Gasteiger charge is 2.40. The average Bonchev–Trinajstić information content (AvgIpc) is 3.32. The maximum Gasteiger partial charge on any atom is 0.251 e. The normalized spacial score (nSPS) is 23.7. The molecule has 2 aliphatic rings. The number of benzene rings is 2. The van der Waals surface area contributed by atoms with Crippen molar-refractivity contribution in [3.63, 3.8) is 0 Å². The van der Waals surface area contributed by atoms with Crippen molar-refractivity contribution in [1.82, 2.24) is 14.9 Å². The molecule has 1 heterocycles. The fourth-order valence-electron chi connectivity index (χ4n) is 4.57. The third-order valence-corrected chi connectivity index (χ3v) is 8.82. The molecule has 2 aromatic carbocycles. The fraction of sp³-hybridized carbons (Fsp3) is 0.417. The van der Waals surface area contributed by atoms with Crippen molar-refractivity contribution >= 4 is 37.8 Å². The minimum atomic E-state index is -3.73. The number of carbonyl (C=O) groups excluding carboxylic acids is 2. The maximum absolute atomic E-state index is 13.1. The average molecular weight is 534 g/mol. The number of carbonyl (C=O) groups is 2. The monoisotopic (exact) mass is 533 g/mol. The van der Waals surface area contributed by atoms with Crippen LogP contribution in [0.25, 0.3) is 0 Å². The Morgan fingerprint density at radius 3 is 2.09 bits per heavy atom. The number of halogens is 1. The summed E-state index contributed by atoms with van der Waals surface area (Å²) in [5, 5.41) is 6.13. The molecule has 0 radical (unpaired) electrons. The number of sulfonamides is 1. The molecule has 0 aromatic heterocycles. The molecule has 1 saturated carbocycles. The third-order valence-electron chi connectivity index (χ3n) is 6.37. The molecule has 7 nitrogen and oxygen atoms in total. The largest absolute Gasteiger partial charge is 0.352 e. The predicted octanol–water partition coefficient (Wildman–Crippen LogP) is 3.46. The second-order valence-electron chi connectivity index (χ2n) is 8.62. The molecule has 2 fully saturated rings. The fourth-order valence-corrected chi connectivity index (χ4v) is 6.49. The van der Waals surface area contributed by atoms with E-state index in [0.29, 0.717) is 24.9 Å². The first kappa shape index (κ1) is 23.9. The molecule has 2 aromatic rings. The second kappa shape index (κ2) is 10.4. The van der Waals surface area contributed by atoms with E-state index in [4.69, 9.17) is 0 Å². The van der Waals surface area contributed by atoms with Crippen molar-refractivity contribution in [3.05, 3.63) is 64.6 Å². The van der Waals surface area contributed by atoms with Gasteiger partial charge in [-0.1, -0.05) is 34.1 Å². The van der Waals surface area contributed by atoms with Gasteiger partial charge in [0.25, 0.3) is 5.91 Å². The first-order valence-corrected chi connectivity index (χ1v) is 13.5. The zero-order valence-corrected chi connectivity index (χ0v) is 20.6. The van der Waals surface area contributed by atoms with Gasteiger partial charge in [0.05, 0.1) is 4.90 Å². The summed E-state index contributed by atoms with van der Waals surface area (Å²) in [6.45, 7) is 0.342. The summed E-state index contributed by atoms with van der Waals surface area (Å²) in [6.07, 6.45) is 4.22. The van der Waals surface area contributed by atoms with Crippen LogP contribution in [0, 0.1) is 0 Å². The molecular weight excluding hydrogens is 506 g/mol. The van der Waals surface area contributed by atoms with Gasteiger partial charge in [-0.05, 0) is 74.9 Å². The molecule has 33 heavy (non-hydrogen) atoms. The smallest absolute Gasteiger partial charge is 0.251 e. The van der Waals surface area contributed by atoms with Crippen LogP contribution in [0.5, 0.6) is 0 Å². The van der Waals surface area contributed by atoms with E-state index >= 15 is 0 Å². The summed E-state index contributed by atoms with van der Waals surface area (Å²) < 4.78 is 28.3. The van der Waals surface area contributed by atoms with E-state index in [-0.39, 0.29) is 28.8 Å². The molecule has 0 unspecified atom stereocenters. The van der Waals surface area contributed by atoms with Crippen molar-refractivity contribution in [2.75, 3.05) is 6.54 Å². The Balaban J connectivity index is 1.31. The van der Waals surface area contributed by atoms with E-state index in [1.807, 2.05) is 18.2 Å². The molecule has 1 aliphatic carbocycles. The lowest BCUT2D eigenvalue weighted by Gasteiger charge is -2.31. The first-order valence-electron chi connectivity index (χ1n) is 11.3. The van der Waals surface area contributed by atoms with Gasteiger partial charge in [0, 0.05) is 28.7 Å². The SMILES string of the molecule is O=C(NC1CCC(NC(=O)[C@@H]2CCCN2S(=O)(=O)c2ccc(Br)cc2)CC1)c1ccccc1. The van der Waals surface area contributed by atoms with Crippen LogP contribution in [0.2, 0.25) is 0 Å². The summed E-state index contributed by atoms with van der Waals surface area (Å²) in [6, 6.07) is 15.0. The summed E-state index contributed by atoms with van der Waals surface area (Å²) >= 11 is 3.32. The molecule has 1 saturated heterocycles. The summed E-state index contributed by atoms with van der Waals surface area (Å²) in [5.41, 5.74) is 0.640. The molecule has 2 N–H and O–H groups in total. The summed E-state index contributed by atoms with van der Waals surface area (Å²) in [7, 11) is -3.73. The number of hydrogen-bond donors (Lipinski definition) is 2. The van der Waals surface area contributed by atoms with E-state index in [0.717, 1.165) is 30.2 Å². The third kappa shape index (κ3) is 5.65. The van der Waals surface area contributed by atoms with E-state index in [1.165, 1.54) is 4.31 Å². The standard InChI is InChI=1S/C24H28BrN3O4S/c25-18-8-14-21(15-9-18)33(31,32)28-16-4-7-22(28)24(30)27-20-12-10-19(11-13-20)26-23(29)17-5-2-1-3-6-17/h1-3,5-6,8-9,14-15,19-20,22H,4,7,10-13,16H2,(H,26,29)(H,27,30)/t19?,20?,22-/m0/s1. The van der Waals surface area contributed by atoms with Gasteiger partial charge in [-0.25, -0.2) is 8.42 Å². The quantitative estimate of drug-likeness (QED) is 0.594. The van der Waals surface area contributed by atoms with Crippen LogP contribution in [0.3, 0.4) is 0 Å².